The Balaban J connectivity index is 2.80. The fraction of sp³-hybridized carbons (Fsp3) is 0.111. The Morgan fingerprint density at radius 3 is 3.00 bits per heavy atom. The number of halogens is 1. The summed E-state index contributed by atoms with van der Waals surface area (Å²) in [6, 6.07) is 2.61. The number of nitrogens with zero attached hydrogens (tertiary/aromatic N) is 1. The molecule has 0 saturated heterocycles. The number of methoxy groups -OCH3 is 1. The molecule has 0 bridgehead atoms. The van der Waals surface area contributed by atoms with Crippen LogP contribution in [0.3, 0.4) is 0 Å². The van der Waals surface area contributed by atoms with Gasteiger partial charge in [0.2, 0.25) is 0 Å². The lowest BCUT2D eigenvalue weighted by molar-refractivity contribution is 0.387. The van der Waals surface area contributed by atoms with Crippen LogP contribution in [0.4, 0.5) is 4.39 Å². The molecule has 0 fully saturated rings. The Kier molecular flexibility index (Phi) is 1.92. The summed E-state index contributed by atoms with van der Waals surface area (Å²) >= 11 is 0. The molecule has 14 heavy (non-hydrogen) atoms. The highest BCUT2D eigenvalue weighted by Crippen LogP contribution is 2.20. The molecule has 0 atom stereocenters. The molecule has 72 valence electrons. The first kappa shape index (κ1) is 8.68. The molecule has 2 rings (SSSR count). The van der Waals surface area contributed by atoms with Crippen molar-refractivity contribution in [1.29, 1.82) is 0 Å². The molecule has 2 aromatic rings. The van der Waals surface area contributed by atoms with Crippen LogP contribution >= 0.6 is 0 Å². The molecule has 0 amide bonds. The van der Waals surface area contributed by atoms with Crippen LogP contribution in [-0.4, -0.2) is 17.1 Å². The van der Waals surface area contributed by atoms with Crippen LogP contribution in [0.25, 0.3) is 11.0 Å². The first-order valence-corrected chi connectivity index (χ1v) is 3.93. The van der Waals surface area contributed by atoms with E-state index in [9.17, 15) is 9.18 Å². The van der Waals surface area contributed by atoms with Gasteiger partial charge in [-0.3, -0.25) is 4.79 Å². The van der Waals surface area contributed by atoms with Crippen molar-refractivity contribution >= 4 is 11.0 Å². The van der Waals surface area contributed by atoms with E-state index < -0.39 is 5.82 Å². The van der Waals surface area contributed by atoms with Crippen LogP contribution in [-0.2, 0) is 0 Å². The van der Waals surface area contributed by atoms with Gasteiger partial charge in [-0.15, -0.1) is 0 Å². The highest BCUT2D eigenvalue weighted by Gasteiger charge is 2.05. The van der Waals surface area contributed by atoms with Gasteiger partial charge in [-0.1, -0.05) is 0 Å². The first-order valence-electron chi connectivity index (χ1n) is 3.93. The summed E-state index contributed by atoms with van der Waals surface area (Å²) in [4.78, 5) is 17.2. The van der Waals surface area contributed by atoms with Crippen LogP contribution in [0.5, 0.6) is 5.75 Å². The standard InChI is InChI=1S/C9H7FN2O2/c1-14-8-3-7-6(2-5(8)10)11-4-9(13)12-7/h2-4H,1H3,(H,12,13). The van der Waals surface area contributed by atoms with Crippen LogP contribution < -0.4 is 10.3 Å². The number of aromatic nitrogens is 2. The van der Waals surface area contributed by atoms with Crippen molar-refractivity contribution in [3.63, 3.8) is 0 Å². The molecule has 0 aliphatic heterocycles. The number of benzene rings is 1. The van der Waals surface area contributed by atoms with Gasteiger partial charge in [0, 0.05) is 12.1 Å². The Bertz CT molecular complexity index is 536. The average Bonchev–Trinajstić information content (AvgIpc) is 2.17. The third-order valence-electron chi connectivity index (χ3n) is 1.85. The molecular weight excluding hydrogens is 187 g/mol. The van der Waals surface area contributed by atoms with E-state index in [1.54, 1.807) is 0 Å². The maximum absolute atomic E-state index is 13.2. The fourth-order valence-corrected chi connectivity index (χ4v) is 1.20. The molecule has 0 saturated carbocycles. The number of aromatic amines is 1. The van der Waals surface area contributed by atoms with Crippen LogP contribution in [0.1, 0.15) is 0 Å². The molecule has 1 aromatic heterocycles. The summed E-state index contributed by atoms with van der Waals surface area (Å²) in [6.07, 6.45) is 1.11. The van der Waals surface area contributed by atoms with E-state index in [0.29, 0.717) is 11.0 Å². The third kappa shape index (κ3) is 1.32. The molecule has 0 spiro atoms. The van der Waals surface area contributed by atoms with Gasteiger partial charge in [0.15, 0.2) is 11.6 Å². The summed E-state index contributed by atoms with van der Waals surface area (Å²) in [5.41, 5.74) is 0.518. The Hall–Kier alpha value is -1.91. The van der Waals surface area contributed by atoms with Gasteiger partial charge in [0.25, 0.3) is 5.56 Å². The minimum absolute atomic E-state index is 0.0844. The minimum Gasteiger partial charge on any atom is -0.494 e. The molecule has 0 unspecified atom stereocenters. The second kappa shape index (κ2) is 3.10. The van der Waals surface area contributed by atoms with Gasteiger partial charge in [0.05, 0.1) is 24.3 Å². The molecular formula is C9H7FN2O2. The number of hydrogen-bond acceptors (Lipinski definition) is 3. The number of nitrogens with one attached hydrogen (secondary N) is 1. The van der Waals surface area contributed by atoms with Crippen LogP contribution in [0.2, 0.25) is 0 Å². The molecule has 4 nitrogen and oxygen atoms in total. The molecule has 1 aromatic carbocycles. The summed E-state index contributed by atoms with van der Waals surface area (Å²) in [7, 11) is 1.36. The molecule has 0 radical (unpaired) electrons. The van der Waals surface area contributed by atoms with E-state index in [-0.39, 0.29) is 11.3 Å². The lowest BCUT2D eigenvalue weighted by Gasteiger charge is -2.02. The van der Waals surface area contributed by atoms with Gasteiger partial charge in [0.1, 0.15) is 0 Å². The van der Waals surface area contributed by atoms with E-state index >= 15 is 0 Å². The van der Waals surface area contributed by atoms with Crippen molar-refractivity contribution in [2.45, 2.75) is 0 Å². The van der Waals surface area contributed by atoms with Gasteiger partial charge in [-0.25, -0.2) is 9.37 Å². The van der Waals surface area contributed by atoms with Crippen molar-refractivity contribution in [1.82, 2.24) is 9.97 Å². The lowest BCUT2D eigenvalue weighted by atomic mass is 10.3. The molecule has 0 aliphatic carbocycles. The summed E-state index contributed by atoms with van der Waals surface area (Å²) < 4.78 is 17.9. The van der Waals surface area contributed by atoms with Crippen molar-refractivity contribution in [3.05, 3.63) is 34.5 Å². The Morgan fingerprint density at radius 2 is 2.29 bits per heavy atom. The smallest absolute Gasteiger partial charge is 0.266 e. The summed E-state index contributed by atoms with van der Waals surface area (Å²) in [5.74, 6) is -0.416. The topological polar surface area (TPSA) is 55.0 Å². The molecule has 1 heterocycles. The summed E-state index contributed by atoms with van der Waals surface area (Å²) in [5, 5.41) is 0. The third-order valence-corrected chi connectivity index (χ3v) is 1.85. The normalized spacial score (nSPS) is 10.4. The van der Waals surface area contributed by atoms with Gasteiger partial charge < -0.3 is 9.72 Å². The molecule has 5 heteroatoms. The van der Waals surface area contributed by atoms with Gasteiger partial charge in [-0.2, -0.15) is 0 Å². The van der Waals surface area contributed by atoms with Gasteiger partial charge >= 0.3 is 0 Å². The van der Waals surface area contributed by atoms with Crippen molar-refractivity contribution in [3.8, 4) is 5.75 Å². The maximum Gasteiger partial charge on any atom is 0.266 e. The second-order valence-corrected chi connectivity index (χ2v) is 2.75. The van der Waals surface area contributed by atoms with Crippen LogP contribution in [0, 0.1) is 5.82 Å². The van der Waals surface area contributed by atoms with E-state index in [4.69, 9.17) is 4.74 Å². The van der Waals surface area contributed by atoms with E-state index in [1.165, 1.54) is 19.2 Å². The predicted molar refractivity (Wildman–Crippen MR) is 48.9 cm³/mol. The number of ether oxygens (including phenoxy) is 1. The number of H-pyrrole nitrogens is 1. The van der Waals surface area contributed by atoms with Crippen LogP contribution in [0.15, 0.2) is 23.1 Å². The van der Waals surface area contributed by atoms with Crippen molar-refractivity contribution < 1.29 is 9.13 Å². The highest BCUT2D eigenvalue weighted by atomic mass is 19.1. The fourth-order valence-electron chi connectivity index (χ4n) is 1.20. The zero-order chi connectivity index (χ0) is 10.1. The predicted octanol–water partition coefficient (Wildman–Crippen LogP) is 1.07. The zero-order valence-corrected chi connectivity index (χ0v) is 7.37. The maximum atomic E-state index is 13.2. The van der Waals surface area contributed by atoms with E-state index in [2.05, 4.69) is 9.97 Å². The average molecular weight is 194 g/mol. The highest BCUT2D eigenvalue weighted by molar-refractivity contribution is 5.75. The Labute approximate surface area is 78.4 Å². The second-order valence-electron chi connectivity index (χ2n) is 2.75. The molecule has 0 aliphatic rings. The minimum atomic E-state index is -0.500. The number of fused-ring (bicyclic) bond motifs is 1. The zero-order valence-electron chi connectivity index (χ0n) is 7.37. The number of hydrogen-bond donors (Lipinski definition) is 1. The number of rotatable bonds is 1. The SMILES string of the molecule is COc1cc2[nH]c(=O)cnc2cc1F. The van der Waals surface area contributed by atoms with Crippen molar-refractivity contribution in [2.75, 3.05) is 7.11 Å². The monoisotopic (exact) mass is 194 g/mol. The van der Waals surface area contributed by atoms with Gasteiger partial charge in [-0.05, 0) is 0 Å². The van der Waals surface area contributed by atoms with E-state index in [0.717, 1.165) is 6.20 Å². The Morgan fingerprint density at radius 1 is 1.50 bits per heavy atom. The quantitative estimate of drug-likeness (QED) is 0.738. The largest absolute Gasteiger partial charge is 0.494 e. The molecule has 1 N–H and O–H groups in total. The van der Waals surface area contributed by atoms with E-state index in [1.807, 2.05) is 0 Å². The van der Waals surface area contributed by atoms with Crippen molar-refractivity contribution in [2.24, 2.45) is 0 Å². The summed E-state index contributed by atoms with van der Waals surface area (Å²) in [6.45, 7) is 0. The first-order chi connectivity index (χ1) is 6.70. The lowest BCUT2D eigenvalue weighted by Crippen LogP contribution is -2.05.